The SMILES string of the molecule is C=C(C)CC1N(c2ccc(F)cc2)C(=O)[C@H]2C(C(=O)O)[C@H]3C=CC12O3. The summed E-state index contributed by atoms with van der Waals surface area (Å²) in [6, 6.07) is 5.23. The van der Waals surface area contributed by atoms with Gasteiger partial charge in [-0.2, -0.15) is 0 Å². The van der Waals surface area contributed by atoms with Crippen molar-refractivity contribution in [3.8, 4) is 0 Å². The summed E-state index contributed by atoms with van der Waals surface area (Å²) in [7, 11) is 0. The second kappa shape index (κ2) is 5.26. The highest BCUT2D eigenvalue weighted by Crippen LogP contribution is 2.56. The molecular formula is C19H18FNO4. The zero-order valence-electron chi connectivity index (χ0n) is 13.7. The number of fused-ring (bicyclic) bond motifs is 1. The summed E-state index contributed by atoms with van der Waals surface area (Å²) in [5.74, 6) is -3.42. The first-order valence-corrected chi connectivity index (χ1v) is 8.18. The average molecular weight is 343 g/mol. The predicted octanol–water partition coefficient (Wildman–Crippen LogP) is 2.53. The van der Waals surface area contributed by atoms with Crippen molar-refractivity contribution in [3.63, 3.8) is 0 Å². The Morgan fingerprint density at radius 1 is 1.40 bits per heavy atom. The molecule has 5 nitrogen and oxygen atoms in total. The van der Waals surface area contributed by atoms with Gasteiger partial charge in [0, 0.05) is 5.69 Å². The van der Waals surface area contributed by atoms with Crippen LogP contribution in [0.2, 0.25) is 0 Å². The van der Waals surface area contributed by atoms with E-state index in [0.717, 1.165) is 5.57 Å². The van der Waals surface area contributed by atoms with Crippen LogP contribution in [0, 0.1) is 17.7 Å². The van der Waals surface area contributed by atoms with E-state index in [9.17, 15) is 19.1 Å². The number of benzene rings is 1. The number of carboxylic acid groups (broad SMARTS) is 1. The van der Waals surface area contributed by atoms with Gasteiger partial charge in [0.25, 0.3) is 0 Å². The van der Waals surface area contributed by atoms with Crippen molar-refractivity contribution in [2.24, 2.45) is 11.8 Å². The number of hydrogen-bond acceptors (Lipinski definition) is 3. The number of carbonyl (C=O) groups excluding carboxylic acids is 1. The molecular weight excluding hydrogens is 325 g/mol. The fraction of sp³-hybridized carbons (Fsp3) is 0.368. The normalized spacial score (nSPS) is 35.3. The molecule has 3 unspecified atom stereocenters. The first-order chi connectivity index (χ1) is 11.8. The summed E-state index contributed by atoms with van der Waals surface area (Å²) in [6.07, 6.45) is 3.46. The van der Waals surface area contributed by atoms with Crippen molar-refractivity contribution in [2.45, 2.75) is 31.1 Å². The lowest BCUT2D eigenvalue weighted by atomic mass is 9.74. The van der Waals surface area contributed by atoms with E-state index in [0.29, 0.717) is 12.1 Å². The Hall–Kier alpha value is -2.47. The number of ether oxygens (including phenoxy) is 1. The van der Waals surface area contributed by atoms with Gasteiger partial charge in [-0.1, -0.05) is 17.7 Å². The fourth-order valence-electron chi connectivity index (χ4n) is 4.42. The van der Waals surface area contributed by atoms with Crippen molar-refractivity contribution < 1.29 is 23.8 Å². The van der Waals surface area contributed by atoms with Crippen LogP contribution in [0.25, 0.3) is 0 Å². The molecule has 1 N–H and O–H groups in total. The van der Waals surface area contributed by atoms with Gasteiger partial charge in [-0.15, -0.1) is 6.58 Å². The molecule has 3 aliphatic heterocycles. The Kier molecular flexibility index (Phi) is 3.37. The molecule has 1 spiro atoms. The molecule has 130 valence electrons. The van der Waals surface area contributed by atoms with Crippen LogP contribution in [0.4, 0.5) is 10.1 Å². The van der Waals surface area contributed by atoms with Gasteiger partial charge in [0.15, 0.2) is 0 Å². The number of carboxylic acids is 1. The molecule has 1 aromatic carbocycles. The molecule has 0 aromatic heterocycles. The molecule has 1 aromatic rings. The first-order valence-electron chi connectivity index (χ1n) is 8.18. The van der Waals surface area contributed by atoms with E-state index in [1.165, 1.54) is 24.3 Å². The monoisotopic (exact) mass is 343 g/mol. The number of aliphatic carboxylic acids is 1. The van der Waals surface area contributed by atoms with Gasteiger partial charge in [0.2, 0.25) is 5.91 Å². The Balaban J connectivity index is 1.84. The number of nitrogens with zero attached hydrogens (tertiary/aromatic N) is 1. The summed E-state index contributed by atoms with van der Waals surface area (Å²) in [6.45, 7) is 5.80. The molecule has 1 amide bonds. The number of amides is 1. The molecule has 3 aliphatic rings. The molecule has 6 heteroatoms. The average Bonchev–Trinajstić information content (AvgIpc) is 3.18. The molecule has 0 radical (unpaired) electrons. The van der Waals surface area contributed by atoms with Crippen LogP contribution in [-0.4, -0.2) is 34.7 Å². The van der Waals surface area contributed by atoms with E-state index >= 15 is 0 Å². The Labute approximate surface area is 144 Å². The maximum absolute atomic E-state index is 13.3. The van der Waals surface area contributed by atoms with Gasteiger partial charge in [0.05, 0.1) is 18.1 Å². The van der Waals surface area contributed by atoms with Gasteiger partial charge in [-0.25, -0.2) is 4.39 Å². The van der Waals surface area contributed by atoms with E-state index in [1.807, 2.05) is 13.0 Å². The van der Waals surface area contributed by atoms with Crippen LogP contribution in [-0.2, 0) is 14.3 Å². The van der Waals surface area contributed by atoms with Crippen molar-refractivity contribution in [1.82, 2.24) is 0 Å². The number of halogens is 1. The molecule has 4 rings (SSSR count). The fourth-order valence-corrected chi connectivity index (χ4v) is 4.42. The molecule has 5 atom stereocenters. The highest BCUT2D eigenvalue weighted by molar-refractivity contribution is 6.03. The molecule has 0 saturated carbocycles. The summed E-state index contributed by atoms with van der Waals surface area (Å²) < 4.78 is 19.3. The van der Waals surface area contributed by atoms with Crippen LogP contribution >= 0.6 is 0 Å². The second-order valence-corrected chi connectivity index (χ2v) is 7.00. The number of hydrogen-bond donors (Lipinski definition) is 1. The lowest BCUT2D eigenvalue weighted by Crippen LogP contribution is -2.45. The van der Waals surface area contributed by atoms with Crippen molar-refractivity contribution >= 4 is 17.6 Å². The van der Waals surface area contributed by atoms with Crippen LogP contribution in [0.1, 0.15) is 13.3 Å². The van der Waals surface area contributed by atoms with Crippen molar-refractivity contribution in [3.05, 3.63) is 54.4 Å². The smallest absolute Gasteiger partial charge is 0.310 e. The van der Waals surface area contributed by atoms with Crippen molar-refractivity contribution in [2.75, 3.05) is 4.90 Å². The van der Waals surface area contributed by atoms with Gasteiger partial charge in [-0.05, 0) is 37.6 Å². The van der Waals surface area contributed by atoms with E-state index in [-0.39, 0.29) is 5.91 Å². The maximum Gasteiger partial charge on any atom is 0.310 e. The Morgan fingerprint density at radius 3 is 2.68 bits per heavy atom. The first kappa shape index (κ1) is 16.0. The Morgan fingerprint density at radius 2 is 2.08 bits per heavy atom. The lowest BCUT2D eigenvalue weighted by molar-refractivity contribution is -0.146. The van der Waals surface area contributed by atoms with E-state index in [1.54, 1.807) is 11.0 Å². The third-order valence-corrected chi connectivity index (χ3v) is 5.35. The highest BCUT2D eigenvalue weighted by atomic mass is 19.1. The molecule has 2 saturated heterocycles. The van der Waals surface area contributed by atoms with Gasteiger partial charge in [0.1, 0.15) is 17.3 Å². The highest BCUT2D eigenvalue weighted by Gasteiger charge is 2.71. The van der Waals surface area contributed by atoms with E-state index in [2.05, 4.69) is 6.58 Å². The summed E-state index contributed by atoms with van der Waals surface area (Å²) in [5.41, 5.74) is 0.420. The van der Waals surface area contributed by atoms with E-state index in [4.69, 9.17) is 4.74 Å². The van der Waals surface area contributed by atoms with Gasteiger partial charge >= 0.3 is 5.97 Å². The molecule has 2 bridgehead atoms. The van der Waals surface area contributed by atoms with Crippen molar-refractivity contribution in [1.29, 1.82) is 0 Å². The number of carbonyl (C=O) groups is 2. The number of anilines is 1. The second-order valence-electron chi connectivity index (χ2n) is 7.00. The summed E-state index contributed by atoms with van der Waals surface area (Å²) >= 11 is 0. The zero-order valence-corrected chi connectivity index (χ0v) is 13.7. The summed E-state index contributed by atoms with van der Waals surface area (Å²) in [5, 5.41) is 9.61. The Bertz CT molecular complexity index is 802. The lowest BCUT2D eigenvalue weighted by Gasteiger charge is -2.33. The molecule has 2 fully saturated rings. The minimum absolute atomic E-state index is 0.294. The zero-order chi connectivity index (χ0) is 17.9. The third-order valence-electron chi connectivity index (χ3n) is 5.35. The van der Waals surface area contributed by atoms with Crippen LogP contribution in [0.5, 0.6) is 0 Å². The van der Waals surface area contributed by atoms with Crippen LogP contribution in [0.3, 0.4) is 0 Å². The maximum atomic E-state index is 13.3. The van der Waals surface area contributed by atoms with Gasteiger partial charge in [-0.3, -0.25) is 9.59 Å². The van der Waals surface area contributed by atoms with Crippen LogP contribution in [0.15, 0.2) is 48.6 Å². The molecule has 3 heterocycles. The standard InChI is InChI=1S/C19H18FNO4/c1-10(2)9-14-19-8-7-13(25-19)15(18(23)24)16(19)17(22)21(14)12-5-3-11(20)4-6-12/h3-8,13-16H,1,9H2,2H3,(H,23,24)/t13-,14?,15?,16-,19?/m1/s1. The number of rotatable bonds is 4. The predicted molar refractivity (Wildman–Crippen MR) is 88.5 cm³/mol. The minimum Gasteiger partial charge on any atom is -0.481 e. The largest absolute Gasteiger partial charge is 0.481 e. The molecule has 0 aliphatic carbocycles. The quantitative estimate of drug-likeness (QED) is 0.853. The minimum atomic E-state index is -1.04. The van der Waals surface area contributed by atoms with E-state index < -0.39 is 41.4 Å². The van der Waals surface area contributed by atoms with Gasteiger partial charge < -0.3 is 14.7 Å². The molecule has 25 heavy (non-hydrogen) atoms. The topological polar surface area (TPSA) is 66.8 Å². The summed E-state index contributed by atoms with van der Waals surface area (Å²) in [4.78, 5) is 26.5. The van der Waals surface area contributed by atoms with Crippen LogP contribution < -0.4 is 4.90 Å². The third kappa shape index (κ3) is 2.10.